The first-order valence-electron chi connectivity index (χ1n) is 4.97. The number of thiophene rings is 1. The Kier molecular flexibility index (Phi) is 3.69. The van der Waals surface area contributed by atoms with Gasteiger partial charge < -0.3 is 5.32 Å². The predicted molar refractivity (Wildman–Crippen MR) is 65.8 cm³/mol. The molecular weight excluding hydrogens is 226 g/mol. The largest absolute Gasteiger partial charge is 0.360 e. The van der Waals surface area contributed by atoms with Gasteiger partial charge in [-0.2, -0.15) is 4.37 Å². The molecule has 15 heavy (non-hydrogen) atoms. The van der Waals surface area contributed by atoms with E-state index in [0.29, 0.717) is 0 Å². The molecule has 2 aromatic heterocycles. The molecule has 2 heterocycles. The lowest BCUT2D eigenvalue weighted by Crippen LogP contribution is -2.03. The molecule has 0 atom stereocenters. The highest BCUT2D eigenvalue weighted by Gasteiger charge is 2.01. The van der Waals surface area contributed by atoms with Gasteiger partial charge in [0.15, 0.2) is 0 Å². The second kappa shape index (κ2) is 5.23. The molecule has 0 bridgehead atoms. The highest BCUT2D eigenvalue weighted by molar-refractivity contribution is 7.10. The highest BCUT2D eigenvalue weighted by Crippen LogP contribution is 2.13. The van der Waals surface area contributed by atoms with E-state index in [1.165, 1.54) is 16.4 Å². The Morgan fingerprint density at radius 3 is 3.07 bits per heavy atom. The molecule has 80 valence electrons. The number of nitrogens with zero attached hydrogens (tertiary/aromatic N) is 2. The van der Waals surface area contributed by atoms with Crippen LogP contribution < -0.4 is 5.32 Å². The summed E-state index contributed by atoms with van der Waals surface area (Å²) in [7, 11) is 0. The van der Waals surface area contributed by atoms with E-state index in [1.54, 1.807) is 11.3 Å². The number of anilines is 1. The zero-order valence-electron chi connectivity index (χ0n) is 8.56. The van der Waals surface area contributed by atoms with Crippen LogP contribution in [0, 0.1) is 0 Å². The van der Waals surface area contributed by atoms with Gasteiger partial charge in [0.1, 0.15) is 5.82 Å². The van der Waals surface area contributed by atoms with Gasteiger partial charge in [-0.05, 0) is 17.9 Å². The second-order valence-corrected chi connectivity index (χ2v) is 4.91. The molecule has 0 aromatic carbocycles. The third-order valence-corrected chi connectivity index (χ3v) is 3.66. The van der Waals surface area contributed by atoms with Crippen molar-refractivity contribution in [1.82, 2.24) is 9.36 Å². The van der Waals surface area contributed by atoms with Crippen molar-refractivity contribution in [1.29, 1.82) is 0 Å². The van der Waals surface area contributed by atoms with E-state index >= 15 is 0 Å². The van der Waals surface area contributed by atoms with Crippen LogP contribution in [0.15, 0.2) is 17.5 Å². The Labute approximate surface area is 97.4 Å². The minimum absolute atomic E-state index is 0.906. The average Bonchev–Trinajstić information content (AvgIpc) is 2.88. The fourth-order valence-corrected chi connectivity index (χ4v) is 2.60. The Hall–Kier alpha value is -0.940. The zero-order chi connectivity index (χ0) is 10.5. The maximum atomic E-state index is 4.35. The van der Waals surface area contributed by atoms with Gasteiger partial charge >= 0.3 is 0 Å². The van der Waals surface area contributed by atoms with Crippen molar-refractivity contribution in [2.75, 3.05) is 11.9 Å². The average molecular weight is 239 g/mol. The maximum absolute atomic E-state index is 4.35. The molecule has 0 spiro atoms. The molecule has 0 fully saturated rings. The monoisotopic (exact) mass is 239 g/mol. The number of aryl methyl sites for hydroxylation is 1. The Balaban J connectivity index is 1.78. The van der Waals surface area contributed by atoms with E-state index in [2.05, 4.69) is 39.1 Å². The van der Waals surface area contributed by atoms with E-state index in [1.807, 2.05) is 0 Å². The molecule has 0 amide bonds. The zero-order valence-corrected chi connectivity index (χ0v) is 10.2. The van der Waals surface area contributed by atoms with Gasteiger partial charge in [-0.3, -0.25) is 0 Å². The smallest absolute Gasteiger partial charge is 0.202 e. The summed E-state index contributed by atoms with van der Waals surface area (Å²) < 4.78 is 4.22. The molecule has 2 aromatic rings. The topological polar surface area (TPSA) is 37.8 Å². The molecule has 0 aliphatic rings. The molecule has 0 saturated heterocycles. The Bertz CT molecular complexity index is 394. The first-order chi connectivity index (χ1) is 7.38. The Morgan fingerprint density at radius 2 is 2.40 bits per heavy atom. The van der Waals surface area contributed by atoms with Crippen LogP contribution in [0.2, 0.25) is 0 Å². The van der Waals surface area contributed by atoms with Crippen LogP contribution in [-0.4, -0.2) is 15.9 Å². The van der Waals surface area contributed by atoms with Crippen LogP contribution in [0.4, 0.5) is 5.13 Å². The van der Waals surface area contributed by atoms with Crippen molar-refractivity contribution < 1.29 is 0 Å². The summed E-state index contributed by atoms with van der Waals surface area (Å²) in [6.07, 6.45) is 1.96. The van der Waals surface area contributed by atoms with Crippen LogP contribution in [0.25, 0.3) is 0 Å². The van der Waals surface area contributed by atoms with Crippen LogP contribution in [0.1, 0.15) is 17.6 Å². The van der Waals surface area contributed by atoms with Gasteiger partial charge in [-0.25, -0.2) is 4.98 Å². The first-order valence-corrected chi connectivity index (χ1v) is 6.62. The predicted octanol–water partition coefficient (Wildman–Crippen LogP) is 2.82. The molecular formula is C10H13N3S2. The lowest BCUT2D eigenvalue weighted by Gasteiger charge is -1.99. The third-order valence-electron chi connectivity index (χ3n) is 2.01. The van der Waals surface area contributed by atoms with Crippen LogP contribution in [0.3, 0.4) is 0 Å². The van der Waals surface area contributed by atoms with Crippen molar-refractivity contribution in [3.63, 3.8) is 0 Å². The van der Waals surface area contributed by atoms with Crippen molar-refractivity contribution >= 4 is 28.0 Å². The first kappa shape index (κ1) is 10.6. The van der Waals surface area contributed by atoms with Crippen molar-refractivity contribution in [3.8, 4) is 0 Å². The normalized spacial score (nSPS) is 10.5. The number of hydrogen-bond donors (Lipinski definition) is 1. The van der Waals surface area contributed by atoms with Gasteiger partial charge in [0, 0.05) is 29.4 Å². The van der Waals surface area contributed by atoms with E-state index < -0.39 is 0 Å². The van der Waals surface area contributed by atoms with Gasteiger partial charge in [-0.1, -0.05) is 13.0 Å². The number of rotatable bonds is 5. The summed E-state index contributed by atoms with van der Waals surface area (Å²) in [5.74, 6) is 0.929. The van der Waals surface area contributed by atoms with Crippen LogP contribution >= 0.6 is 22.9 Å². The second-order valence-electron chi connectivity index (χ2n) is 3.13. The summed E-state index contributed by atoms with van der Waals surface area (Å²) in [6.45, 7) is 3.00. The summed E-state index contributed by atoms with van der Waals surface area (Å²) in [5.41, 5.74) is 0. The van der Waals surface area contributed by atoms with Crippen LogP contribution in [-0.2, 0) is 12.8 Å². The molecule has 3 nitrogen and oxygen atoms in total. The molecule has 1 N–H and O–H groups in total. The van der Waals surface area contributed by atoms with Gasteiger partial charge in [-0.15, -0.1) is 11.3 Å². The summed E-state index contributed by atoms with van der Waals surface area (Å²) in [5, 5.41) is 6.33. The van der Waals surface area contributed by atoms with Crippen LogP contribution in [0.5, 0.6) is 0 Å². The minimum Gasteiger partial charge on any atom is -0.360 e. The number of aromatic nitrogens is 2. The summed E-state index contributed by atoms with van der Waals surface area (Å²) in [4.78, 5) is 5.75. The van der Waals surface area contributed by atoms with Gasteiger partial charge in [0.05, 0.1) is 0 Å². The summed E-state index contributed by atoms with van der Waals surface area (Å²) in [6, 6.07) is 4.24. The molecule has 5 heteroatoms. The molecule has 0 aliphatic carbocycles. The molecule has 0 unspecified atom stereocenters. The molecule has 2 rings (SSSR count). The third kappa shape index (κ3) is 3.00. The van der Waals surface area contributed by atoms with Crippen molar-refractivity contribution in [2.45, 2.75) is 19.8 Å². The fraction of sp³-hybridized carbons (Fsp3) is 0.400. The number of nitrogens with one attached hydrogen (secondary N) is 1. The quantitative estimate of drug-likeness (QED) is 0.872. The Morgan fingerprint density at radius 1 is 1.47 bits per heavy atom. The molecule has 0 radical (unpaired) electrons. The van der Waals surface area contributed by atoms with E-state index in [0.717, 1.165) is 30.3 Å². The van der Waals surface area contributed by atoms with Gasteiger partial charge in [0.2, 0.25) is 5.13 Å². The van der Waals surface area contributed by atoms with E-state index in [-0.39, 0.29) is 0 Å². The lowest BCUT2D eigenvalue weighted by molar-refractivity contribution is 0.984. The molecule has 0 saturated carbocycles. The van der Waals surface area contributed by atoms with Gasteiger partial charge in [0.25, 0.3) is 0 Å². The number of hydrogen-bond acceptors (Lipinski definition) is 5. The molecule has 0 aliphatic heterocycles. The van der Waals surface area contributed by atoms with E-state index in [9.17, 15) is 0 Å². The maximum Gasteiger partial charge on any atom is 0.202 e. The van der Waals surface area contributed by atoms with E-state index in [4.69, 9.17) is 0 Å². The minimum atomic E-state index is 0.906. The van der Waals surface area contributed by atoms with Crippen molar-refractivity contribution in [3.05, 3.63) is 28.2 Å². The lowest BCUT2D eigenvalue weighted by atomic mass is 10.3. The SMILES string of the molecule is CCc1nsc(NCCc2cccs2)n1. The fourth-order valence-electron chi connectivity index (χ4n) is 1.22. The standard InChI is InChI=1S/C10H13N3S2/c1-2-9-12-10(15-13-9)11-6-5-8-4-3-7-14-8/h3-4,7H,2,5-6H2,1H3,(H,11,12,13). The summed E-state index contributed by atoms with van der Waals surface area (Å²) >= 11 is 3.24. The highest BCUT2D eigenvalue weighted by atomic mass is 32.1. The van der Waals surface area contributed by atoms with Crippen molar-refractivity contribution in [2.24, 2.45) is 0 Å².